The molecule has 0 fully saturated rings. The first-order valence-corrected chi connectivity index (χ1v) is 12.0. The number of anilines is 2. The second kappa shape index (κ2) is 7.52. The van der Waals surface area contributed by atoms with Gasteiger partial charge in [-0.3, -0.25) is 9.11 Å². The maximum atomic E-state index is 14.5. The average molecular weight is 445 g/mol. The summed E-state index contributed by atoms with van der Waals surface area (Å²) in [6, 6.07) is 16.6. The van der Waals surface area contributed by atoms with Crippen LogP contribution in [-0.2, 0) is 16.7 Å². The Hall–Kier alpha value is -2.70. The highest BCUT2D eigenvalue weighted by Gasteiger charge is 2.41. The molecule has 0 aromatic heterocycles. The number of urea groups is 1. The molecular formula is C23H22ClFN2O2S. The molecule has 0 spiro atoms. The molecule has 0 unspecified atom stereocenters. The fourth-order valence-electron chi connectivity index (χ4n) is 3.80. The number of thiol groups is 1. The third-order valence-electron chi connectivity index (χ3n) is 5.60. The molecule has 4 rings (SSSR count). The van der Waals surface area contributed by atoms with Gasteiger partial charge in [-0.2, -0.15) is 0 Å². The third kappa shape index (κ3) is 3.20. The van der Waals surface area contributed by atoms with Crippen molar-refractivity contribution in [3.05, 3.63) is 88.2 Å². The summed E-state index contributed by atoms with van der Waals surface area (Å²) in [7, 11) is -3.26. The number of fused-ring (bicyclic) bond motifs is 1. The molecule has 1 aliphatic rings. The number of carbonyl (C=O) groups is 1. The Labute approximate surface area is 181 Å². The predicted octanol–water partition coefficient (Wildman–Crippen LogP) is 5.66. The van der Waals surface area contributed by atoms with E-state index >= 15 is 0 Å². The number of para-hydroxylation sites is 1. The molecule has 2 amide bonds. The summed E-state index contributed by atoms with van der Waals surface area (Å²) in [5.74, 6) is -0.490. The Morgan fingerprint density at radius 2 is 1.63 bits per heavy atom. The SMILES string of the molecule is Cc1cccc(N2C(=O)N(Cc3c(F)cccc3Cl)c3ccccc3[SH]2(C)=O)c1C. The number of benzene rings is 3. The lowest BCUT2D eigenvalue weighted by Gasteiger charge is -2.44. The largest absolute Gasteiger partial charge is 0.340 e. The number of rotatable bonds is 3. The van der Waals surface area contributed by atoms with Crippen LogP contribution in [0.1, 0.15) is 16.7 Å². The molecule has 0 bridgehead atoms. The molecule has 0 atom stereocenters. The first-order valence-electron chi connectivity index (χ1n) is 9.52. The molecule has 0 aliphatic carbocycles. The van der Waals surface area contributed by atoms with E-state index in [0.29, 0.717) is 16.3 Å². The number of aryl methyl sites for hydroxylation is 1. The van der Waals surface area contributed by atoms with Crippen molar-refractivity contribution in [2.24, 2.45) is 0 Å². The van der Waals surface area contributed by atoms with Crippen molar-refractivity contribution in [2.45, 2.75) is 25.3 Å². The molecule has 1 heterocycles. The van der Waals surface area contributed by atoms with Crippen LogP contribution >= 0.6 is 11.6 Å². The first kappa shape index (κ1) is 20.6. The molecule has 0 radical (unpaired) electrons. The zero-order chi connectivity index (χ0) is 21.6. The molecule has 0 N–H and O–H groups in total. The highest BCUT2D eigenvalue weighted by Crippen LogP contribution is 2.42. The summed E-state index contributed by atoms with van der Waals surface area (Å²) in [5, 5.41) is 0.240. The van der Waals surface area contributed by atoms with E-state index in [2.05, 4.69) is 0 Å². The van der Waals surface area contributed by atoms with Crippen molar-refractivity contribution in [3.63, 3.8) is 0 Å². The summed E-state index contributed by atoms with van der Waals surface area (Å²) in [4.78, 5) is 15.7. The van der Waals surface area contributed by atoms with E-state index in [9.17, 15) is 13.4 Å². The highest BCUT2D eigenvalue weighted by atomic mass is 35.5. The molecule has 0 saturated heterocycles. The van der Waals surface area contributed by atoms with E-state index in [0.717, 1.165) is 11.1 Å². The van der Waals surface area contributed by atoms with Crippen LogP contribution in [0.5, 0.6) is 0 Å². The molecule has 156 valence electrons. The zero-order valence-electron chi connectivity index (χ0n) is 16.9. The van der Waals surface area contributed by atoms with Gasteiger partial charge in [-0.15, -0.1) is 0 Å². The van der Waals surface area contributed by atoms with Crippen LogP contribution < -0.4 is 9.21 Å². The minimum atomic E-state index is -3.26. The lowest BCUT2D eigenvalue weighted by Crippen LogP contribution is -2.53. The number of amides is 2. The van der Waals surface area contributed by atoms with Crippen molar-refractivity contribution in [3.8, 4) is 0 Å². The Morgan fingerprint density at radius 1 is 0.967 bits per heavy atom. The molecule has 4 nitrogen and oxygen atoms in total. The van der Waals surface area contributed by atoms with Crippen LogP contribution in [0.3, 0.4) is 0 Å². The van der Waals surface area contributed by atoms with E-state index in [1.54, 1.807) is 42.7 Å². The molecule has 0 saturated carbocycles. The molecule has 7 heteroatoms. The van der Waals surface area contributed by atoms with E-state index in [1.807, 2.05) is 26.0 Å². The molecule has 30 heavy (non-hydrogen) atoms. The van der Waals surface area contributed by atoms with Gasteiger partial charge in [-0.05, 0) is 65.4 Å². The lowest BCUT2D eigenvalue weighted by molar-refractivity contribution is 0.253. The van der Waals surface area contributed by atoms with Crippen molar-refractivity contribution < 1.29 is 13.4 Å². The Bertz CT molecular complexity index is 1190. The van der Waals surface area contributed by atoms with Gasteiger partial charge in [0, 0.05) is 16.8 Å². The quantitative estimate of drug-likeness (QED) is 0.529. The highest BCUT2D eigenvalue weighted by molar-refractivity contribution is 8.04. The Morgan fingerprint density at radius 3 is 2.37 bits per heavy atom. The van der Waals surface area contributed by atoms with E-state index in [4.69, 9.17) is 11.6 Å². The fourth-order valence-corrected chi connectivity index (χ4v) is 6.28. The van der Waals surface area contributed by atoms with Crippen LogP contribution in [0.15, 0.2) is 65.6 Å². The van der Waals surface area contributed by atoms with Crippen LogP contribution in [0.4, 0.5) is 20.6 Å². The normalized spacial score (nSPS) is 16.4. The Balaban J connectivity index is 1.92. The zero-order valence-corrected chi connectivity index (χ0v) is 18.5. The maximum absolute atomic E-state index is 14.5. The average Bonchev–Trinajstić information content (AvgIpc) is 2.70. The maximum Gasteiger partial charge on any atom is 0.340 e. The Kier molecular flexibility index (Phi) is 5.16. The summed E-state index contributed by atoms with van der Waals surface area (Å²) in [5.41, 5.74) is 3.18. The third-order valence-corrected chi connectivity index (χ3v) is 8.37. The lowest BCUT2D eigenvalue weighted by atomic mass is 10.1. The minimum absolute atomic E-state index is 0.0667. The number of halogens is 2. The van der Waals surface area contributed by atoms with Gasteiger partial charge in [0.2, 0.25) is 0 Å². The van der Waals surface area contributed by atoms with E-state index in [-0.39, 0.29) is 17.1 Å². The van der Waals surface area contributed by atoms with Gasteiger partial charge in [0.1, 0.15) is 5.82 Å². The number of hydrogen-bond donors (Lipinski definition) is 1. The van der Waals surface area contributed by atoms with Gasteiger partial charge in [0.05, 0.1) is 22.8 Å². The van der Waals surface area contributed by atoms with Crippen molar-refractivity contribution in [2.75, 3.05) is 15.5 Å². The van der Waals surface area contributed by atoms with Gasteiger partial charge >= 0.3 is 6.03 Å². The standard InChI is InChI=1S/C23H22ClFN2O2S/c1-15-8-6-12-20(16(15)2)27-23(28)26(14-17-18(24)9-7-10-19(17)25)21-11-4-5-13-22(21)30(27,3)29/h4-13,30H,14H2,1-3H3. The fraction of sp³-hybridized carbons (Fsp3) is 0.174. The second-order valence-electron chi connectivity index (χ2n) is 7.47. The van der Waals surface area contributed by atoms with E-state index < -0.39 is 22.0 Å². The molecule has 3 aromatic rings. The van der Waals surface area contributed by atoms with Gasteiger partial charge < -0.3 is 0 Å². The summed E-state index contributed by atoms with van der Waals surface area (Å²) < 4.78 is 29.8. The number of nitrogens with zero attached hydrogens (tertiary/aromatic N) is 2. The van der Waals surface area contributed by atoms with Crippen molar-refractivity contribution >= 4 is 39.1 Å². The topological polar surface area (TPSA) is 40.6 Å². The second-order valence-corrected chi connectivity index (χ2v) is 10.5. The number of carbonyl (C=O) groups excluding carboxylic acids is 1. The van der Waals surface area contributed by atoms with Crippen molar-refractivity contribution in [1.82, 2.24) is 0 Å². The van der Waals surface area contributed by atoms with Gasteiger partial charge in [0.15, 0.2) is 0 Å². The molecule has 1 aliphatic heterocycles. The minimum Gasteiger partial charge on any atom is -0.287 e. The van der Waals surface area contributed by atoms with Gasteiger partial charge in [0.25, 0.3) is 0 Å². The number of hydrogen-bond acceptors (Lipinski definition) is 2. The van der Waals surface area contributed by atoms with Crippen LogP contribution in [-0.4, -0.2) is 16.5 Å². The van der Waals surface area contributed by atoms with Gasteiger partial charge in [-0.1, -0.05) is 41.9 Å². The first-order chi connectivity index (χ1) is 14.2. The van der Waals surface area contributed by atoms with Crippen LogP contribution in [0.2, 0.25) is 5.02 Å². The van der Waals surface area contributed by atoms with Crippen LogP contribution in [0, 0.1) is 19.7 Å². The monoisotopic (exact) mass is 444 g/mol. The molecule has 3 aromatic carbocycles. The summed E-state index contributed by atoms with van der Waals surface area (Å²) in [6.07, 6.45) is 1.60. The van der Waals surface area contributed by atoms with Crippen molar-refractivity contribution in [1.29, 1.82) is 0 Å². The van der Waals surface area contributed by atoms with E-state index in [1.165, 1.54) is 21.3 Å². The van der Waals surface area contributed by atoms with Gasteiger partial charge in [-0.25, -0.2) is 13.5 Å². The predicted molar refractivity (Wildman–Crippen MR) is 122 cm³/mol. The van der Waals surface area contributed by atoms with Crippen LogP contribution in [0.25, 0.3) is 0 Å². The smallest absolute Gasteiger partial charge is 0.287 e. The molecular weight excluding hydrogens is 423 g/mol. The summed E-state index contributed by atoms with van der Waals surface area (Å²) >= 11 is 6.23. The summed E-state index contributed by atoms with van der Waals surface area (Å²) in [6.45, 7) is 3.78.